The van der Waals surface area contributed by atoms with Crippen LogP contribution in [0, 0.1) is 5.92 Å². The molecule has 0 radical (unpaired) electrons. The van der Waals surface area contributed by atoms with E-state index < -0.39 is 10.0 Å². The van der Waals surface area contributed by atoms with Crippen LogP contribution in [0.3, 0.4) is 0 Å². The molecule has 8 heteroatoms. The zero-order valence-electron chi connectivity index (χ0n) is 17.1. The Morgan fingerprint density at radius 2 is 1.72 bits per heavy atom. The van der Waals surface area contributed by atoms with Crippen molar-refractivity contribution in [2.24, 2.45) is 5.92 Å². The summed E-state index contributed by atoms with van der Waals surface area (Å²) in [5, 5.41) is 2.76. The van der Waals surface area contributed by atoms with E-state index in [9.17, 15) is 13.2 Å². The van der Waals surface area contributed by atoms with Crippen molar-refractivity contribution in [2.45, 2.75) is 31.7 Å². The van der Waals surface area contributed by atoms with Crippen LogP contribution in [0.4, 0.5) is 5.69 Å². The van der Waals surface area contributed by atoms with Gasteiger partial charge in [0.15, 0.2) is 0 Å². The number of benzene rings is 2. The van der Waals surface area contributed by atoms with Gasteiger partial charge >= 0.3 is 0 Å². The lowest BCUT2D eigenvalue weighted by molar-refractivity contribution is 0.102. The molecule has 0 saturated heterocycles. The second-order valence-corrected chi connectivity index (χ2v) is 8.90. The maximum absolute atomic E-state index is 12.5. The predicted octanol–water partition coefficient (Wildman–Crippen LogP) is 3.29. The normalized spacial score (nSPS) is 12.6. The Kier molecular flexibility index (Phi) is 8.19. The Bertz CT molecular complexity index is 911. The Morgan fingerprint density at radius 3 is 2.34 bits per heavy atom. The summed E-state index contributed by atoms with van der Waals surface area (Å²) < 4.78 is 37.8. The number of rotatable bonds is 10. The topological polar surface area (TPSA) is 93.7 Å². The van der Waals surface area contributed by atoms with Crippen LogP contribution in [0.15, 0.2) is 53.4 Å². The molecule has 0 aromatic heterocycles. The SMILES string of the molecule is COCC(C)NS(=O)(=O)c1ccc(NC(=O)c2cccc(OCC(C)C)c2)cc1. The second kappa shape index (κ2) is 10.4. The molecule has 0 aliphatic rings. The van der Waals surface area contributed by atoms with Crippen LogP contribution in [0.1, 0.15) is 31.1 Å². The maximum Gasteiger partial charge on any atom is 0.255 e. The van der Waals surface area contributed by atoms with Gasteiger partial charge in [-0.25, -0.2) is 13.1 Å². The number of hydrogen-bond acceptors (Lipinski definition) is 5. The Morgan fingerprint density at radius 1 is 1.03 bits per heavy atom. The van der Waals surface area contributed by atoms with Crippen LogP contribution in [-0.4, -0.2) is 40.7 Å². The van der Waals surface area contributed by atoms with Gasteiger partial charge in [-0.2, -0.15) is 0 Å². The number of hydrogen-bond donors (Lipinski definition) is 2. The first-order valence-electron chi connectivity index (χ1n) is 9.37. The van der Waals surface area contributed by atoms with Gasteiger partial charge in [-0.1, -0.05) is 19.9 Å². The standard InChI is InChI=1S/C21H28N2O5S/c1-15(2)13-28-19-7-5-6-17(12-19)21(24)22-18-8-10-20(11-9-18)29(25,26)23-16(3)14-27-4/h5-12,15-16,23H,13-14H2,1-4H3,(H,22,24). The highest BCUT2D eigenvalue weighted by Crippen LogP contribution is 2.18. The first kappa shape index (κ1) is 22.9. The fraction of sp³-hybridized carbons (Fsp3) is 0.381. The summed E-state index contributed by atoms with van der Waals surface area (Å²) in [5.41, 5.74) is 0.949. The average Bonchev–Trinajstić information content (AvgIpc) is 2.67. The van der Waals surface area contributed by atoms with Crippen LogP contribution in [0.2, 0.25) is 0 Å². The monoisotopic (exact) mass is 420 g/mol. The number of amides is 1. The Labute approximate surface area is 172 Å². The highest BCUT2D eigenvalue weighted by Gasteiger charge is 2.17. The molecule has 0 saturated carbocycles. The minimum Gasteiger partial charge on any atom is -0.493 e. The predicted molar refractivity (Wildman–Crippen MR) is 113 cm³/mol. The molecule has 2 N–H and O–H groups in total. The minimum atomic E-state index is -3.66. The smallest absolute Gasteiger partial charge is 0.255 e. The zero-order valence-corrected chi connectivity index (χ0v) is 18.0. The molecule has 0 aliphatic heterocycles. The molecular formula is C21H28N2O5S. The van der Waals surface area contributed by atoms with Crippen molar-refractivity contribution in [3.8, 4) is 5.75 Å². The molecular weight excluding hydrogens is 392 g/mol. The van der Waals surface area contributed by atoms with Crippen molar-refractivity contribution in [3.05, 3.63) is 54.1 Å². The molecule has 7 nitrogen and oxygen atoms in total. The Balaban J connectivity index is 2.04. The van der Waals surface area contributed by atoms with Crippen molar-refractivity contribution in [2.75, 3.05) is 25.6 Å². The molecule has 2 rings (SSSR count). The molecule has 158 valence electrons. The van der Waals surface area contributed by atoms with E-state index in [-0.39, 0.29) is 23.5 Å². The molecule has 0 aliphatic carbocycles. The van der Waals surface area contributed by atoms with E-state index in [1.165, 1.54) is 19.2 Å². The number of nitrogens with one attached hydrogen (secondary N) is 2. The Hall–Kier alpha value is -2.42. The molecule has 1 amide bonds. The van der Waals surface area contributed by atoms with Crippen molar-refractivity contribution in [1.29, 1.82) is 0 Å². The number of carbonyl (C=O) groups is 1. The van der Waals surface area contributed by atoms with Crippen molar-refractivity contribution in [1.82, 2.24) is 4.72 Å². The molecule has 2 aromatic rings. The van der Waals surface area contributed by atoms with Gasteiger partial charge in [-0.3, -0.25) is 4.79 Å². The highest BCUT2D eigenvalue weighted by atomic mass is 32.2. The van der Waals surface area contributed by atoms with Gasteiger partial charge in [0.25, 0.3) is 5.91 Å². The van der Waals surface area contributed by atoms with E-state index in [0.29, 0.717) is 29.5 Å². The van der Waals surface area contributed by atoms with Crippen molar-refractivity contribution < 1.29 is 22.7 Å². The maximum atomic E-state index is 12.5. The van der Waals surface area contributed by atoms with Gasteiger partial charge in [0.05, 0.1) is 18.1 Å². The first-order chi connectivity index (χ1) is 13.7. The van der Waals surface area contributed by atoms with Gasteiger partial charge in [-0.05, 0) is 55.3 Å². The molecule has 0 spiro atoms. The molecule has 29 heavy (non-hydrogen) atoms. The van der Waals surface area contributed by atoms with Crippen LogP contribution in [-0.2, 0) is 14.8 Å². The molecule has 1 unspecified atom stereocenters. The number of methoxy groups -OCH3 is 1. The van der Waals surface area contributed by atoms with Gasteiger partial charge in [0, 0.05) is 24.4 Å². The summed E-state index contributed by atoms with van der Waals surface area (Å²) in [6.07, 6.45) is 0. The summed E-state index contributed by atoms with van der Waals surface area (Å²) >= 11 is 0. The largest absolute Gasteiger partial charge is 0.493 e. The fourth-order valence-corrected chi connectivity index (χ4v) is 3.76. The third-order valence-corrected chi connectivity index (χ3v) is 5.48. The van der Waals surface area contributed by atoms with E-state index >= 15 is 0 Å². The van der Waals surface area contributed by atoms with Gasteiger partial charge in [0.2, 0.25) is 10.0 Å². The molecule has 0 heterocycles. The molecule has 1 atom stereocenters. The van der Waals surface area contributed by atoms with Crippen LogP contribution in [0.5, 0.6) is 5.75 Å². The van der Waals surface area contributed by atoms with Crippen molar-refractivity contribution in [3.63, 3.8) is 0 Å². The van der Waals surface area contributed by atoms with E-state index in [1.807, 2.05) is 13.8 Å². The van der Waals surface area contributed by atoms with Gasteiger partial charge in [0.1, 0.15) is 5.75 Å². The molecule has 0 fully saturated rings. The number of anilines is 1. The summed E-state index contributed by atoms with van der Waals surface area (Å²) in [4.78, 5) is 12.6. The minimum absolute atomic E-state index is 0.113. The van der Waals surface area contributed by atoms with Crippen LogP contribution in [0.25, 0.3) is 0 Å². The summed E-state index contributed by atoms with van der Waals surface area (Å²) in [6.45, 7) is 6.66. The number of carbonyl (C=O) groups excluding carboxylic acids is 1. The molecule has 2 aromatic carbocycles. The summed E-state index contributed by atoms with van der Waals surface area (Å²) in [5.74, 6) is 0.709. The fourth-order valence-electron chi connectivity index (χ4n) is 2.53. The number of sulfonamides is 1. The van der Waals surface area contributed by atoms with Crippen LogP contribution < -0.4 is 14.8 Å². The lowest BCUT2D eigenvalue weighted by atomic mass is 10.2. The lowest BCUT2D eigenvalue weighted by Gasteiger charge is -2.13. The highest BCUT2D eigenvalue weighted by molar-refractivity contribution is 7.89. The quantitative estimate of drug-likeness (QED) is 0.615. The summed E-state index contributed by atoms with van der Waals surface area (Å²) in [6, 6.07) is 12.6. The zero-order chi connectivity index (χ0) is 21.4. The third-order valence-electron chi connectivity index (χ3n) is 3.88. The van der Waals surface area contributed by atoms with Crippen LogP contribution >= 0.6 is 0 Å². The first-order valence-corrected chi connectivity index (χ1v) is 10.8. The lowest BCUT2D eigenvalue weighted by Crippen LogP contribution is -2.35. The van der Waals surface area contributed by atoms with E-state index in [1.54, 1.807) is 43.3 Å². The number of ether oxygens (including phenoxy) is 2. The van der Waals surface area contributed by atoms with E-state index in [4.69, 9.17) is 9.47 Å². The summed E-state index contributed by atoms with van der Waals surface area (Å²) in [7, 11) is -2.15. The van der Waals surface area contributed by atoms with Gasteiger partial charge in [-0.15, -0.1) is 0 Å². The van der Waals surface area contributed by atoms with Gasteiger partial charge < -0.3 is 14.8 Å². The second-order valence-electron chi connectivity index (χ2n) is 7.19. The average molecular weight is 421 g/mol. The van der Waals surface area contributed by atoms with E-state index in [2.05, 4.69) is 10.0 Å². The van der Waals surface area contributed by atoms with E-state index in [0.717, 1.165) is 0 Å². The van der Waals surface area contributed by atoms with Crippen molar-refractivity contribution >= 4 is 21.6 Å². The molecule has 0 bridgehead atoms. The third kappa shape index (κ3) is 7.16.